The fraction of sp³-hybridized carbons (Fsp3) is 0.350. The first-order valence-electron chi connectivity index (χ1n) is 9.32. The van der Waals surface area contributed by atoms with Crippen LogP contribution in [0.2, 0.25) is 0 Å². The Morgan fingerprint density at radius 1 is 1.11 bits per heavy atom. The topological polar surface area (TPSA) is 79.1 Å². The number of hydrogen-bond acceptors (Lipinski definition) is 6. The SMILES string of the molecule is C[C@H](Nc1nccc(N2CCC(O)CC2)n1)c1ccccc1-n1cccn1. The summed E-state index contributed by atoms with van der Waals surface area (Å²) in [4.78, 5) is 11.3. The zero-order chi connectivity index (χ0) is 18.6. The minimum atomic E-state index is -0.195. The first-order chi connectivity index (χ1) is 13.2. The van der Waals surface area contributed by atoms with Crippen LogP contribution in [0.25, 0.3) is 5.69 Å². The highest BCUT2D eigenvalue weighted by Gasteiger charge is 2.19. The molecule has 1 aliphatic heterocycles. The molecule has 3 heterocycles. The van der Waals surface area contributed by atoms with Crippen molar-refractivity contribution in [3.05, 3.63) is 60.6 Å². The maximum absolute atomic E-state index is 9.70. The third-order valence-corrected chi connectivity index (χ3v) is 4.93. The molecular weight excluding hydrogens is 340 g/mol. The van der Waals surface area contributed by atoms with Crippen LogP contribution >= 0.6 is 0 Å². The number of para-hydroxylation sites is 1. The Labute approximate surface area is 158 Å². The minimum Gasteiger partial charge on any atom is -0.393 e. The van der Waals surface area contributed by atoms with Gasteiger partial charge in [0, 0.05) is 31.7 Å². The quantitative estimate of drug-likeness (QED) is 0.725. The number of benzene rings is 1. The normalized spacial score (nSPS) is 16.3. The van der Waals surface area contributed by atoms with E-state index in [1.54, 1.807) is 12.4 Å². The molecule has 1 fully saturated rings. The summed E-state index contributed by atoms with van der Waals surface area (Å²) in [5, 5.41) is 17.5. The van der Waals surface area contributed by atoms with E-state index in [1.165, 1.54) is 0 Å². The summed E-state index contributed by atoms with van der Waals surface area (Å²) in [5.74, 6) is 1.49. The molecular formula is C20H24N6O. The predicted octanol–water partition coefficient (Wildman–Crippen LogP) is 2.80. The number of hydrogen-bond donors (Lipinski definition) is 2. The van der Waals surface area contributed by atoms with Gasteiger partial charge in [-0.15, -0.1) is 0 Å². The van der Waals surface area contributed by atoms with Crippen LogP contribution in [-0.2, 0) is 0 Å². The van der Waals surface area contributed by atoms with Crippen molar-refractivity contribution in [1.82, 2.24) is 19.7 Å². The molecule has 0 amide bonds. The van der Waals surface area contributed by atoms with Gasteiger partial charge >= 0.3 is 0 Å². The summed E-state index contributed by atoms with van der Waals surface area (Å²) in [5.41, 5.74) is 2.15. The summed E-state index contributed by atoms with van der Waals surface area (Å²) in [7, 11) is 0. The fourth-order valence-electron chi connectivity index (χ4n) is 3.43. The van der Waals surface area contributed by atoms with Crippen LogP contribution in [0.1, 0.15) is 31.4 Å². The van der Waals surface area contributed by atoms with Gasteiger partial charge in [0.2, 0.25) is 5.95 Å². The van der Waals surface area contributed by atoms with Crippen LogP contribution in [0.5, 0.6) is 0 Å². The monoisotopic (exact) mass is 364 g/mol. The Morgan fingerprint density at radius 2 is 1.93 bits per heavy atom. The first-order valence-corrected chi connectivity index (χ1v) is 9.32. The van der Waals surface area contributed by atoms with Gasteiger partial charge in [-0.3, -0.25) is 0 Å². The van der Waals surface area contributed by atoms with Crippen molar-refractivity contribution < 1.29 is 5.11 Å². The van der Waals surface area contributed by atoms with Crippen LogP contribution in [0, 0.1) is 0 Å². The molecule has 2 N–H and O–H groups in total. The number of rotatable bonds is 5. The number of aromatic nitrogens is 4. The van der Waals surface area contributed by atoms with Gasteiger partial charge in [0.15, 0.2) is 0 Å². The van der Waals surface area contributed by atoms with E-state index >= 15 is 0 Å². The standard InChI is InChI=1S/C20H24N6O/c1-15(17-5-2-3-6-18(17)26-12-4-10-22-26)23-20-21-11-7-19(24-20)25-13-8-16(27)9-14-25/h2-7,10-12,15-16,27H,8-9,13-14H2,1H3,(H,21,23,24)/t15-/m0/s1. The van der Waals surface area contributed by atoms with Gasteiger partial charge in [-0.2, -0.15) is 10.1 Å². The number of aliphatic hydroxyl groups is 1. The van der Waals surface area contributed by atoms with E-state index in [-0.39, 0.29) is 12.1 Å². The highest BCUT2D eigenvalue weighted by Crippen LogP contribution is 2.25. The molecule has 1 aromatic carbocycles. The van der Waals surface area contributed by atoms with Crippen molar-refractivity contribution in [3.63, 3.8) is 0 Å². The molecule has 7 heteroatoms. The number of piperidine rings is 1. The van der Waals surface area contributed by atoms with Crippen molar-refractivity contribution in [2.45, 2.75) is 31.9 Å². The van der Waals surface area contributed by atoms with Crippen molar-refractivity contribution in [2.75, 3.05) is 23.3 Å². The van der Waals surface area contributed by atoms with E-state index in [2.05, 4.69) is 44.3 Å². The Hall–Kier alpha value is -2.93. The Bertz CT molecular complexity index is 874. The van der Waals surface area contributed by atoms with Crippen LogP contribution < -0.4 is 10.2 Å². The molecule has 0 unspecified atom stereocenters. The summed E-state index contributed by atoms with van der Waals surface area (Å²) < 4.78 is 1.86. The summed E-state index contributed by atoms with van der Waals surface area (Å²) >= 11 is 0. The Balaban J connectivity index is 1.52. The smallest absolute Gasteiger partial charge is 0.225 e. The molecule has 0 bridgehead atoms. The second-order valence-corrected chi connectivity index (χ2v) is 6.83. The lowest BCUT2D eigenvalue weighted by Gasteiger charge is -2.30. The van der Waals surface area contributed by atoms with Crippen LogP contribution in [0.15, 0.2) is 55.0 Å². The van der Waals surface area contributed by atoms with Gasteiger partial charge in [-0.05, 0) is 43.5 Å². The van der Waals surface area contributed by atoms with E-state index in [0.29, 0.717) is 5.95 Å². The zero-order valence-electron chi connectivity index (χ0n) is 15.4. The largest absolute Gasteiger partial charge is 0.393 e. The lowest BCUT2D eigenvalue weighted by Crippen LogP contribution is -2.36. The Kier molecular flexibility index (Phi) is 5.02. The molecule has 4 rings (SSSR count). The third kappa shape index (κ3) is 3.93. The lowest BCUT2D eigenvalue weighted by molar-refractivity contribution is 0.145. The second kappa shape index (κ2) is 7.75. The Morgan fingerprint density at radius 3 is 2.70 bits per heavy atom. The van der Waals surface area contributed by atoms with E-state index < -0.39 is 0 Å². The zero-order valence-corrected chi connectivity index (χ0v) is 15.4. The molecule has 27 heavy (non-hydrogen) atoms. The molecule has 0 saturated carbocycles. The maximum atomic E-state index is 9.70. The fourth-order valence-corrected chi connectivity index (χ4v) is 3.43. The number of nitrogens with zero attached hydrogens (tertiary/aromatic N) is 5. The minimum absolute atomic E-state index is 0.0174. The van der Waals surface area contributed by atoms with Gasteiger partial charge in [-0.1, -0.05) is 18.2 Å². The number of aliphatic hydroxyl groups excluding tert-OH is 1. The van der Waals surface area contributed by atoms with Gasteiger partial charge in [0.25, 0.3) is 0 Å². The van der Waals surface area contributed by atoms with Crippen LogP contribution in [0.4, 0.5) is 11.8 Å². The van der Waals surface area contributed by atoms with E-state index in [1.807, 2.05) is 35.1 Å². The number of nitrogens with one attached hydrogen (secondary N) is 1. The van der Waals surface area contributed by atoms with Gasteiger partial charge in [0.1, 0.15) is 5.82 Å². The van der Waals surface area contributed by atoms with Crippen molar-refractivity contribution in [2.24, 2.45) is 0 Å². The molecule has 0 radical (unpaired) electrons. The molecule has 1 atom stereocenters. The van der Waals surface area contributed by atoms with Crippen molar-refractivity contribution in [1.29, 1.82) is 0 Å². The maximum Gasteiger partial charge on any atom is 0.225 e. The van der Waals surface area contributed by atoms with E-state index in [0.717, 1.165) is 43.0 Å². The third-order valence-electron chi connectivity index (χ3n) is 4.93. The molecule has 140 valence electrons. The average molecular weight is 364 g/mol. The van der Waals surface area contributed by atoms with Crippen LogP contribution in [0.3, 0.4) is 0 Å². The van der Waals surface area contributed by atoms with Gasteiger partial charge in [-0.25, -0.2) is 9.67 Å². The lowest BCUT2D eigenvalue weighted by atomic mass is 10.1. The first kappa shape index (κ1) is 17.5. The van der Waals surface area contributed by atoms with E-state index in [4.69, 9.17) is 0 Å². The molecule has 0 aliphatic carbocycles. The van der Waals surface area contributed by atoms with Crippen molar-refractivity contribution in [3.8, 4) is 5.69 Å². The molecule has 3 aromatic rings. The summed E-state index contributed by atoms with van der Waals surface area (Å²) in [6.07, 6.45) is 6.85. The molecule has 7 nitrogen and oxygen atoms in total. The number of anilines is 2. The molecule has 0 spiro atoms. The highest BCUT2D eigenvalue weighted by atomic mass is 16.3. The molecule has 1 saturated heterocycles. The molecule has 2 aromatic heterocycles. The predicted molar refractivity (Wildman–Crippen MR) is 105 cm³/mol. The molecule has 1 aliphatic rings. The average Bonchev–Trinajstić information content (AvgIpc) is 3.23. The second-order valence-electron chi connectivity index (χ2n) is 6.83. The summed E-state index contributed by atoms with van der Waals surface area (Å²) in [6, 6.07) is 12.0. The van der Waals surface area contributed by atoms with E-state index in [9.17, 15) is 5.11 Å². The van der Waals surface area contributed by atoms with Gasteiger partial charge in [0.05, 0.1) is 17.8 Å². The van der Waals surface area contributed by atoms with Crippen LogP contribution in [-0.4, -0.2) is 44.0 Å². The highest BCUT2D eigenvalue weighted by molar-refractivity contribution is 5.47. The van der Waals surface area contributed by atoms with Gasteiger partial charge < -0.3 is 15.3 Å². The van der Waals surface area contributed by atoms with Crippen molar-refractivity contribution >= 4 is 11.8 Å². The summed E-state index contributed by atoms with van der Waals surface area (Å²) in [6.45, 7) is 3.72.